The Labute approximate surface area is 138 Å². The summed E-state index contributed by atoms with van der Waals surface area (Å²) < 4.78 is 18.6. The van der Waals surface area contributed by atoms with E-state index in [1.807, 2.05) is 13.8 Å². The van der Waals surface area contributed by atoms with Crippen LogP contribution in [0.1, 0.15) is 31.6 Å². The molecule has 0 bridgehead atoms. The van der Waals surface area contributed by atoms with Gasteiger partial charge in [0.2, 0.25) is 0 Å². The number of halogens is 1. The number of carbonyl (C=O) groups is 1. The molecule has 6 heteroatoms. The second-order valence-corrected chi connectivity index (χ2v) is 6.87. The van der Waals surface area contributed by atoms with E-state index in [1.165, 1.54) is 23.5 Å². The Bertz CT molecular complexity index is 706. The van der Waals surface area contributed by atoms with Crippen LogP contribution in [0.2, 0.25) is 0 Å². The minimum Gasteiger partial charge on any atom is -0.365 e. The van der Waals surface area contributed by atoms with Gasteiger partial charge in [-0.1, -0.05) is 6.92 Å². The van der Waals surface area contributed by atoms with E-state index >= 15 is 0 Å². The highest BCUT2D eigenvalue weighted by molar-refractivity contribution is 7.16. The van der Waals surface area contributed by atoms with Gasteiger partial charge in [-0.25, -0.2) is 9.37 Å². The van der Waals surface area contributed by atoms with Crippen LogP contribution in [0.4, 0.5) is 9.52 Å². The smallest absolute Gasteiger partial charge is 0.258 e. The second kappa shape index (κ2) is 6.37. The fourth-order valence-electron chi connectivity index (χ4n) is 2.67. The number of thiazole rings is 1. The molecule has 1 amide bonds. The second-order valence-electron chi connectivity index (χ2n) is 5.79. The molecular formula is C17H19FN2O2S. The fourth-order valence-corrected chi connectivity index (χ4v) is 3.58. The molecule has 2 heterocycles. The van der Waals surface area contributed by atoms with Crippen molar-refractivity contribution < 1.29 is 13.9 Å². The highest BCUT2D eigenvalue weighted by Gasteiger charge is 2.38. The first-order chi connectivity index (χ1) is 11.0. The lowest BCUT2D eigenvalue weighted by Gasteiger charge is -2.20. The molecule has 4 nitrogen and oxygen atoms in total. The third kappa shape index (κ3) is 3.28. The van der Waals surface area contributed by atoms with E-state index in [9.17, 15) is 9.18 Å². The van der Waals surface area contributed by atoms with E-state index in [0.717, 1.165) is 35.4 Å². The first-order valence-electron chi connectivity index (χ1n) is 7.73. The van der Waals surface area contributed by atoms with Crippen molar-refractivity contribution in [3.05, 3.63) is 35.0 Å². The maximum absolute atomic E-state index is 13.1. The van der Waals surface area contributed by atoms with Crippen LogP contribution in [0.5, 0.6) is 0 Å². The summed E-state index contributed by atoms with van der Waals surface area (Å²) in [6.45, 7) is 4.46. The van der Waals surface area contributed by atoms with Crippen LogP contribution in [-0.2, 0) is 16.0 Å². The topological polar surface area (TPSA) is 51.2 Å². The van der Waals surface area contributed by atoms with Crippen molar-refractivity contribution in [2.45, 2.75) is 38.7 Å². The Hall–Kier alpha value is -1.79. The zero-order chi connectivity index (χ0) is 16.4. The largest absolute Gasteiger partial charge is 0.365 e. The first-order valence-corrected chi connectivity index (χ1v) is 8.54. The van der Waals surface area contributed by atoms with Crippen LogP contribution in [0.15, 0.2) is 24.3 Å². The van der Waals surface area contributed by atoms with E-state index in [1.54, 1.807) is 12.1 Å². The summed E-state index contributed by atoms with van der Waals surface area (Å²) in [4.78, 5) is 18.0. The standard InChI is InChI=1S/C17H19FN2O2S/c1-3-13-14(11-5-7-12(18)8-6-11)19-16(23-13)20-15(21)17(2)9-4-10-22-17/h5-8H,3-4,9-10H2,1-2H3,(H,19,20,21)/t17-/m1/s1. The summed E-state index contributed by atoms with van der Waals surface area (Å²) in [6, 6.07) is 6.24. The lowest BCUT2D eigenvalue weighted by Crippen LogP contribution is -2.39. The fraction of sp³-hybridized carbons (Fsp3) is 0.412. The summed E-state index contributed by atoms with van der Waals surface area (Å²) in [5.74, 6) is -0.432. The number of ether oxygens (including phenoxy) is 1. The quantitative estimate of drug-likeness (QED) is 0.919. The number of anilines is 1. The summed E-state index contributed by atoms with van der Waals surface area (Å²) in [5.41, 5.74) is 0.877. The molecular weight excluding hydrogens is 315 g/mol. The molecule has 1 saturated heterocycles. The number of carbonyl (C=O) groups excluding carboxylic acids is 1. The average Bonchev–Trinajstić information content (AvgIpc) is 3.15. The molecule has 2 aromatic rings. The van der Waals surface area contributed by atoms with Crippen molar-refractivity contribution in [3.63, 3.8) is 0 Å². The highest BCUT2D eigenvalue weighted by Crippen LogP contribution is 2.33. The van der Waals surface area contributed by atoms with Crippen LogP contribution >= 0.6 is 11.3 Å². The van der Waals surface area contributed by atoms with E-state index in [2.05, 4.69) is 10.3 Å². The van der Waals surface area contributed by atoms with Crippen molar-refractivity contribution in [2.75, 3.05) is 11.9 Å². The van der Waals surface area contributed by atoms with Crippen molar-refractivity contribution >= 4 is 22.4 Å². The molecule has 1 N–H and O–H groups in total. The van der Waals surface area contributed by atoms with Crippen LogP contribution < -0.4 is 5.32 Å². The number of rotatable bonds is 4. The SMILES string of the molecule is CCc1sc(NC(=O)[C@@]2(C)CCCO2)nc1-c1ccc(F)cc1. The molecule has 0 spiro atoms. The van der Waals surface area contributed by atoms with Gasteiger partial charge >= 0.3 is 0 Å². The van der Waals surface area contributed by atoms with Crippen molar-refractivity contribution in [2.24, 2.45) is 0 Å². The number of nitrogens with zero attached hydrogens (tertiary/aromatic N) is 1. The van der Waals surface area contributed by atoms with E-state index < -0.39 is 5.60 Å². The number of aromatic nitrogens is 1. The van der Waals surface area contributed by atoms with Crippen LogP contribution in [0, 0.1) is 5.82 Å². The predicted octanol–water partition coefficient (Wildman–Crippen LogP) is 4.02. The van der Waals surface area contributed by atoms with Crippen molar-refractivity contribution in [3.8, 4) is 11.3 Å². The van der Waals surface area contributed by atoms with Gasteiger partial charge in [-0.2, -0.15) is 0 Å². The first kappa shape index (κ1) is 16.1. The number of amides is 1. The minimum absolute atomic E-state index is 0.156. The summed E-state index contributed by atoms with van der Waals surface area (Å²) in [6.07, 6.45) is 2.41. The molecule has 1 aromatic heterocycles. The molecule has 23 heavy (non-hydrogen) atoms. The Morgan fingerprint density at radius 1 is 1.43 bits per heavy atom. The molecule has 122 valence electrons. The van der Waals surface area contributed by atoms with E-state index in [-0.39, 0.29) is 11.7 Å². The maximum Gasteiger partial charge on any atom is 0.258 e. The maximum atomic E-state index is 13.1. The molecule has 0 aliphatic carbocycles. The molecule has 0 unspecified atom stereocenters. The Balaban J connectivity index is 1.84. The third-order valence-corrected chi connectivity index (χ3v) is 5.17. The van der Waals surface area contributed by atoms with Crippen LogP contribution in [-0.4, -0.2) is 23.1 Å². The molecule has 1 aliphatic rings. The molecule has 1 aromatic carbocycles. The zero-order valence-corrected chi connectivity index (χ0v) is 14.0. The third-order valence-electron chi connectivity index (χ3n) is 4.06. The van der Waals surface area contributed by atoms with Gasteiger partial charge in [0.1, 0.15) is 11.4 Å². The van der Waals surface area contributed by atoms with Crippen molar-refractivity contribution in [1.82, 2.24) is 4.98 Å². The van der Waals surface area contributed by atoms with E-state index in [0.29, 0.717) is 11.7 Å². The lowest BCUT2D eigenvalue weighted by atomic mass is 10.0. The Morgan fingerprint density at radius 3 is 2.78 bits per heavy atom. The van der Waals surface area contributed by atoms with Gasteiger partial charge in [0.15, 0.2) is 5.13 Å². The minimum atomic E-state index is -0.770. The Kier molecular flexibility index (Phi) is 4.46. The normalized spacial score (nSPS) is 20.7. The van der Waals surface area contributed by atoms with Gasteiger partial charge in [-0.05, 0) is 50.5 Å². The predicted molar refractivity (Wildman–Crippen MR) is 89.1 cm³/mol. The number of hydrogen-bond acceptors (Lipinski definition) is 4. The summed E-state index contributed by atoms with van der Waals surface area (Å²) in [7, 11) is 0. The molecule has 0 saturated carbocycles. The zero-order valence-electron chi connectivity index (χ0n) is 13.2. The summed E-state index contributed by atoms with van der Waals surface area (Å²) >= 11 is 1.45. The lowest BCUT2D eigenvalue weighted by molar-refractivity contribution is -0.133. The van der Waals surface area contributed by atoms with Gasteiger partial charge in [-0.15, -0.1) is 11.3 Å². The molecule has 3 rings (SSSR count). The number of nitrogens with one attached hydrogen (secondary N) is 1. The van der Waals surface area contributed by atoms with Crippen LogP contribution in [0.3, 0.4) is 0 Å². The Morgan fingerprint density at radius 2 is 2.17 bits per heavy atom. The van der Waals surface area contributed by atoms with Gasteiger partial charge in [0, 0.05) is 17.0 Å². The molecule has 1 aliphatic heterocycles. The average molecular weight is 334 g/mol. The molecule has 0 radical (unpaired) electrons. The van der Waals surface area contributed by atoms with Gasteiger partial charge < -0.3 is 4.74 Å². The number of benzene rings is 1. The van der Waals surface area contributed by atoms with Gasteiger partial charge in [-0.3, -0.25) is 10.1 Å². The monoisotopic (exact) mass is 334 g/mol. The van der Waals surface area contributed by atoms with Gasteiger partial charge in [0.25, 0.3) is 5.91 Å². The van der Waals surface area contributed by atoms with Crippen LogP contribution in [0.25, 0.3) is 11.3 Å². The number of aryl methyl sites for hydroxylation is 1. The van der Waals surface area contributed by atoms with E-state index in [4.69, 9.17) is 4.74 Å². The highest BCUT2D eigenvalue weighted by atomic mass is 32.1. The summed E-state index contributed by atoms with van der Waals surface area (Å²) in [5, 5.41) is 3.43. The molecule has 1 fully saturated rings. The molecule has 1 atom stereocenters. The van der Waals surface area contributed by atoms with Crippen molar-refractivity contribution in [1.29, 1.82) is 0 Å². The number of hydrogen-bond donors (Lipinski definition) is 1. The van der Waals surface area contributed by atoms with Gasteiger partial charge in [0.05, 0.1) is 5.69 Å².